The molecule has 1 aliphatic rings. The van der Waals surface area contributed by atoms with Crippen molar-refractivity contribution >= 4 is 11.9 Å². The fourth-order valence-corrected chi connectivity index (χ4v) is 0.825. The molecule has 1 fully saturated rings. The highest BCUT2D eigenvalue weighted by Crippen LogP contribution is 2.30. The highest BCUT2D eigenvalue weighted by atomic mass is 16.2. The van der Waals surface area contributed by atoms with Crippen LogP contribution in [0.3, 0.4) is 0 Å². The molecule has 5 heteroatoms. The SMILES string of the molecule is CN(NC(N)=O)C(=O)C1CC1. The van der Waals surface area contributed by atoms with Gasteiger partial charge in [-0.15, -0.1) is 0 Å². The minimum atomic E-state index is -0.707. The van der Waals surface area contributed by atoms with Gasteiger partial charge in [0.15, 0.2) is 0 Å². The van der Waals surface area contributed by atoms with Crippen molar-refractivity contribution in [3.8, 4) is 0 Å². The first-order valence-corrected chi connectivity index (χ1v) is 3.45. The van der Waals surface area contributed by atoms with Crippen molar-refractivity contribution < 1.29 is 9.59 Å². The zero-order valence-corrected chi connectivity index (χ0v) is 6.33. The molecule has 3 N–H and O–H groups in total. The zero-order valence-electron chi connectivity index (χ0n) is 6.33. The van der Waals surface area contributed by atoms with E-state index in [-0.39, 0.29) is 11.8 Å². The number of primary amides is 1. The molecular formula is C6H11N3O2. The Morgan fingerprint density at radius 2 is 2.09 bits per heavy atom. The standard InChI is InChI=1S/C6H11N3O2/c1-9(8-6(7)11)5(10)4-2-3-4/h4H,2-3H2,1H3,(H3,7,8,11). The van der Waals surface area contributed by atoms with Crippen LogP contribution in [-0.4, -0.2) is 24.0 Å². The maximum Gasteiger partial charge on any atom is 0.331 e. The summed E-state index contributed by atoms with van der Waals surface area (Å²) >= 11 is 0. The molecule has 0 aromatic rings. The van der Waals surface area contributed by atoms with E-state index in [0.717, 1.165) is 17.9 Å². The molecule has 0 radical (unpaired) electrons. The smallest absolute Gasteiger partial charge is 0.331 e. The molecule has 3 amide bonds. The third-order valence-electron chi connectivity index (χ3n) is 1.54. The van der Waals surface area contributed by atoms with E-state index in [0.29, 0.717) is 0 Å². The molecule has 0 spiro atoms. The Kier molecular flexibility index (Phi) is 1.98. The Morgan fingerprint density at radius 3 is 2.45 bits per heavy atom. The second-order valence-corrected chi connectivity index (χ2v) is 2.65. The van der Waals surface area contributed by atoms with Crippen LogP contribution in [0, 0.1) is 5.92 Å². The normalized spacial score (nSPS) is 15.7. The first-order chi connectivity index (χ1) is 5.11. The third kappa shape index (κ3) is 2.10. The molecule has 0 aromatic heterocycles. The van der Waals surface area contributed by atoms with Crippen molar-refractivity contribution in [2.24, 2.45) is 11.7 Å². The molecule has 1 aliphatic carbocycles. The lowest BCUT2D eigenvalue weighted by atomic mass is 10.4. The molecule has 62 valence electrons. The van der Waals surface area contributed by atoms with Gasteiger partial charge in [0.2, 0.25) is 5.91 Å². The number of carbonyl (C=O) groups is 2. The van der Waals surface area contributed by atoms with Gasteiger partial charge in [-0.3, -0.25) is 9.80 Å². The van der Waals surface area contributed by atoms with Gasteiger partial charge in [0.1, 0.15) is 0 Å². The Labute approximate surface area is 64.5 Å². The van der Waals surface area contributed by atoms with Crippen LogP contribution in [0.4, 0.5) is 4.79 Å². The van der Waals surface area contributed by atoms with E-state index in [2.05, 4.69) is 5.43 Å². The number of hydrogen-bond acceptors (Lipinski definition) is 2. The second kappa shape index (κ2) is 2.77. The minimum absolute atomic E-state index is 0.0659. The van der Waals surface area contributed by atoms with Gasteiger partial charge >= 0.3 is 6.03 Å². The summed E-state index contributed by atoms with van der Waals surface area (Å²) < 4.78 is 0. The van der Waals surface area contributed by atoms with Gasteiger partial charge in [0, 0.05) is 13.0 Å². The van der Waals surface area contributed by atoms with E-state index >= 15 is 0 Å². The first kappa shape index (κ1) is 7.84. The Bertz CT molecular complexity index is 188. The van der Waals surface area contributed by atoms with Crippen molar-refractivity contribution in [2.75, 3.05) is 7.05 Å². The molecular weight excluding hydrogens is 146 g/mol. The summed E-state index contributed by atoms with van der Waals surface area (Å²) in [6.07, 6.45) is 1.84. The van der Waals surface area contributed by atoms with Crippen molar-refractivity contribution in [2.45, 2.75) is 12.8 Å². The van der Waals surface area contributed by atoms with Crippen LogP contribution in [0.5, 0.6) is 0 Å². The number of nitrogens with one attached hydrogen (secondary N) is 1. The molecule has 0 atom stereocenters. The fraction of sp³-hybridized carbons (Fsp3) is 0.667. The van der Waals surface area contributed by atoms with E-state index in [9.17, 15) is 9.59 Å². The van der Waals surface area contributed by atoms with Crippen LogP contribution in [0.25, 0.3) is 0 Å². The summed E-state index contributed by atoms with van der Waals surface area (Å²) in [7, 11) is 1.49. The average Bonchev–Trinajstić information content (AvgIpc) is 2.65. The van der Waals surface area contributed by atoms with Gasteiger partial charge in [0.05, 0.1) is 0 Å². The summed E-state index contributed by atoms with van der Waals surface area (Å²) in [6.45, 7) is 0. The van der Waals surface area contributed by atoms with E-state index in [1.165, 1.54) is 7.05 Å². The summed E-state index contributed by atoms with van der Waals surface area (Å²) in [5.74, 6) is 0.0376. The summed E-state index contributed by atoms with van der Waals surface area (Å²) in [6, 6.07) is -0.707. The number of hydrogen-bond donors (Lipinski definition) is 2. The molecule has 11 heavy (non-hydrogen) atoms. The number of nitrogens with two attached hydrogens (primary N) is 1. The summed E-state index contributed by atoms with van der Waals surface area (Å²) in [5, 5.41) is 1.14. The van der Waals surface area contributed by atoms with Gasteiger partial charge in [-0.1, -0.05) is 0 Å². The Balaban J connectivity index is 2.33. The predicted octanol–water partition coefficient (Wildman–Crippen LogP) is -0.562. The molecule has 5 nitrogen and oxygen atoms in total. The quantitative estimate of drug-likeness (QED) is 0.500. The number of rotatable bonds is 1. The topological polar surface area (TPSA) is 75.4 Å². The fourth-order valence-electron chi connectivity index (χ4n) is 0.825. The molecule has 0 aliphatic heterocycles. The van der Waals surface area contributed by atoms with E-state index < -0.39 is 6.03 Å². The van der Waals surface area contributed by atoms with Crippen LogP contribution < -0.4 is 11.2 Å². The molecule has 1 rings (SSSR count). The number of carbonyl (C=O) groups excluding carboxylic acids is 2. The van der Waals surface area contributed by atoms with Gasteiger partial charge in [-0.2, -0.15) is 0 Å². The van der Waals surface area contributed by atoms with Gasteiger partial charge < -0.3 is 5.73 Å². The number of nitrogens with zero attached hydrogens (tertiary/aromatic N) is 1. The first-order valence-electron chi connectivity index (χ1n) is 3.45. The maximum atomic E-state index is 11.1. The number of urea groups is 1. The lowest BCUT2D eigenvalue weighted by Crippen LogP contribution is -2.46. The average molecular weight is 157 g/mol. The second-order valence-electron chi connectivity index (χ2n) is 2.65. The largest absolute Gasteiger partial charge is 0.350 e. The van der Waals surface area contributed by atoms with Crippen LogP contribution in [0.2, 0.25) is 0 Å². The summed E-state index contributed by atoms with van der Waals surface area (Å²) in [5.41, 5.74) is 6.99. The number of amides is 3. The van der Waals surface area contributed by atoms with Crippen molar-refractivity contribution in [3.63, 3.8) is 0 Å². The third-order valence-corrected chi connectivity index (χ3v) is 1.54. The Morgan fingerprint density at radius 1 is 1.55 bits per heavy atom. The van der Waals surface area contributed by atoms with E-state index in [4.69, 9.17) is 5.73 Å². The Hall–Kier alpha value is -1.26. The van der Waals surface area contributed by atoms with E-state index in [1.54, 1.807) is 0 Å². The number of hydrazine groups is 1. The molecule has 0 heterocycles. The highest BCUT2D eigenvalue weighted by Gasteiger charge is 2.32. The highest BCUT2D eigenvalue weighted by molar-refractivity contribution is 5.83. The molecule has 0 unspecified atom stereocenters. The van der Waals surface area contributed by atoms with Gasteiger partial charge in [0.25, 0.3) is 0 Å². The van der Waals surface area contributed by atoms with Gasteiger partial charge in [-0.25, -0.2) is 10.2 Å². The zero-order chi connectivity index (χ0) is 8.43. The molecule has 1 saturated carbocycles. The molecule has 0 bridgehead atoms. The van der Waals surface area contributed by atoms with Gasteiger partial charge in [-0.05, 0) is 12.8 Å². The van der Waals surface area contributed by atoms with E-state index in [1.807, 2.05) is 0 Å². The van der Waals surface area contributed by atoms with Crippen LogP contribution in [0.1, 0.15) is 12.8 Å². The van der Waals surface area contributed by atoms with Crippen LogP contribution in [0.15, 0.2) is 0 Å². The molecule has 0 aromatic carbocycles. The van der Waals surface area contributed by atoms with Crippen molar-refractivity contribution in [3.05, 3.63) is 0 Å². The summed E-state index contributed by atoms with van der Waals surface area (Å²) in [4.78, 5) is 21.4. The minimum Gasteiger partial charge on any atom is -0.350 e. The molecule has 0 saturated heterocycles. The lowest BCUT2D eigenvalue weighted by Gasteiger charge is -2.15. The predicted molar refractivity (Wildman–Crippen MR) is 38.2 cm³/mol. The monoisotopic (exact) mass is 157 g/mol. The lowest BCUT2D eigenvalue weighted by molar-refractivity contribution is -0.133. The van der Waals surface area contributed by atoms with Crippen LogP contribution >= 0.6 is 0 Å². The van der Waals surface area contributed by atoms with Crippen LogP contribution in [-0.2, 0) is 4.79 Å². The van der Waals surface area contributed by atoms with Crippen molar-refractivity contribution in [1.82, 2.24) is 10.4 Å². The van der Waals surface area contributed by atoms with Crippen molar-refractivity contribution in [1.29, 1.82) is 0 Å². The maximum absolute atomic E-state index is 11.1.